The predicted molar refractivity (Wildman–Crippen MR) is 67.5 cm³/mol. The number of hydrogen-bond donors (Lipinski definition) is 2. The zero-order valence-electron chi connectivity index (χ0n) is 10.5. The van der Waals surface area contributed by atoms with Crippen molar-refractivity contribution in [1.82, 2.24) is 9.97 Å². The molecule has 1 saturated heterocycles. The number of hydrogen-bond acceptors (Lipinski definition) is 5. The topological polar surface area (TPSA) is 67.3 Å². The molecule has 1 aromatic heterocycles. The highest BCUT2D eigenvalue weighted by atomic mass is 16.5. The van der Waals surface area contributed by atoms with Crippen molar-refractivity contribution in [2.45, 2.75) is 37.6 Å². The molecule has 0 atom stereocenters. The summed E-state index contributed by atoms with van der Waals surface area (Å²) in [6, 6.07) is 0. The molecule has 3 rings (SSSR count). The Morgan fingerprint density at radius 2 is 2.11 bits per heavy atom. The van der Waals surface area contributed by atoms with Crippen molar-refractivity contribution in [3.8, 4) is 0 Å². The Morgan fingerprint density at radius 1 is 1.28 bits per heavy atom. The largest absolute Gasteiger partial charge is 0.394 e. The van der Waals surface area contributed by atoms with Gasteiger partial charge in [0.05, 0.1) is 12.1 Å². The molecule has 1 aromatic rings. The van der Waals surface area contributed by atoms with Gasteiger partial charge in [0.1, 0.15) is 12.1 Å². The minimum atomic E-state index is -0.275. The van der Waals surface area contributed by atoms with E-state index in [4.69, 9.17) is 4.74 Å². The van der Waals surface area contributed by atoms with Gasteiger partial charge in [-0.25, -0.2) is 9.97 Å². The molecule has 2 N–H and O–H groups in total. The summed E-state index contributed by atoms with van der Waals surface area (Å²) >= 11 is 0. The van der Waals surface area contributed by atoms with E-state index in [1.165, 1.54) is 5.56 Å². The molecule has 2 aliphatic rings. The minimum Gasteiger partial charge on any atom is -0.394 e. The van der Waals surface area contributed by atoms with Crippen LogP contribution < -0.4 is 5.32 Å². The molecular formula is C13H19N3O2. The number of anilines is 1. The molecule has 98 valence electrons. The molecule has 5 heteroatoms. The van der Waals surface area contributed by atoms with Crippen LogP contribution in [-0.4, -0.2) is 40.4 Å². The Bertz CT molecular complexity index is 430. The molecule has 0 unspecified atom stereocenters. The smallest absolute Gasteiger partial charge is 0.133 e. The Balaban J connectivity index is 1.85. The first-order valence-electron chi connectivity index (χ1n) is 6.62. The van der Waals surface area contributed by atoms with Gasteiger partial charge in [-0.15, -0.1) is 0 Å². The third-order valence-electron chi connectivity index (χ3n) is 4.01. The van der Waals surface area contributed by atoms with Crippen molar-refractivity contribution >= 4 is 5.82 Å². The summed E-state index contributed by atoms with van der Waals surface area (Å²) in [5, 5.41) is 13.2. The van der Waals surface area contributed by atoms with E-state index in [1.54, 1.807) is 6.33 Å². The van der Waals surface area contributed by atoms with Crippen LogP contribution in [0.3, 0.4) is 0 Å². The number of ether oxygens (including phenoxy) is 1. The number of aromatic nitrogens is 2. The summed E-state index contributed by atoms with van der Waals surface area (Å²) in [6.07, 6.45) is 6.50. The van der Waals surface area contributed by atoms with Crippen LogP contribution in [0, 0.1) is 0 Å². The summed E-state index contributed by atoms with van der Waals surface area (Å²) in [6.45, 7) is 1.51. The monoisotopic (exact) mass is 249 g/mol. The fourth-order valence-corrected chi connectivity index (χ4v) is 2.80. The Morgan fingerprint density at radius 3 is 2.89 bits per heavy atom. The van der Waals surface area contributed by atoms with Crippen molar-refractivity contribution in [3.63, 3.8) is 0 Å². The van der Waals surface area contributed by atoms with Gasteiger partial charge in [0.25, 0.3) is 0 Å². The lowest BCUT2D eigenvalue weighted by Crippen LogP contribution is -2.47. The molecule has 0 saturated carbocycles. The van der Waals surface area contributed by atoms with Crippen LogP contribution in [0.2, 0.25) is 0 Å². The Labute approximate surface area is 107 Å². The lowest BCUT2D eigenvalue weighted by molar-refractivity contribution is 0.0378. The minimum absolute atomic E-state index is 0.120. The fourth-order valence-electron chi connectivity index (χ4n) is 2.80. The second kappa shape index (κ2) is 4.82. The van der Waals surface area contributed by atoms with Crippen LogP contribution in [0.15, 0.2) is 6.33 Å². The van der Waals surface area contributed by atoms with E-state index < -0.39 is 0 Å². The van der Waals surface area contributed by atoms with Crippen molar-refractivity contribution in [2.24, 2.45) is 0 Å². The summed E-state index contributed by atoms with van der Waals surface area (Å²) in [5.74, 6) is 0.911. The average molecular weight is 249 g/mol. The Kier molecular flexibility index (Phi) is 3.18. The summed E-state index contributed by atoms with van der Waals surface area (Å²) in [7, 11) is 0. The highest BCUT2D eigenvalue weighted by Crippen LogP contribution is 2.30. The summed E-state index contributed by atoms with van der Waals surface area (Å²) in [5.41, 5.74) is 2.12. The molecule has 18 heavy (non-hydrogen) atoms. The van der Waals surface area contributed by atoms with Crippen LogP contribution in [0.4, 0.5) is 5.82 Å². The number of aliphatic hydroxyl groups is 1. The maximum Gasteiger partial charge on any atom is 0.133 e. The van der Waals surface area contributed by atoms with Crippen LogP contribution in [0.25, 0.3) is 0 Å². The van der Waals surface area contributed by atoms with Crippen LogP contribution >= 0.6 is 0 Å². The molecule has 0 spiro atoms. The first kappa shape index (κ1) is 11.9. The predicted octanol–water partition coefficient (Wildman–Crippen LogP) is 0.919. The second-order valence-corrected chi connectivity index (χ2v) is 5.18. The highest BCUT2D eigenvalue weighted by molar-refractivity contribution is 5.50. The van der Waals surface area contributed by atoms with Crippen molar-refractivity contribution in [3.05, 3.63) is 17.6 Å². The van der Waals surface area contributed by atoms with Gasteiger partial charge in [-0.2, -0.15) is 0 Å². The number of nitrogens with zero attached hydrogens (tertiary/aromatic N) is 2. The van der Waals surface area contributed by atoms with Crippen LogP contribution in [0.1, 0.15) is 30.5 Å². The van der Waals surface area contributed by atoms with Crippen molar-refractivity contribution < 1.29 is 9.84 Å². The molecule has 0 aromatic carbocycles. The van der Waals surface area contributed by atoms with E-state index in [0.717, 1.165) is 43.6 Å². The van der Waals surface area contributed by atoms with E-state index >= 15 is 0 Å². The van der Waals surface area contributed by atoms with E-state index in [1.807, 2.05) is 0 Å². The number of nitrogens with one attached hydrogen (secondary N) is 1. The van der Waals surface area contributed by atoms with Crippen LogP contribution in [-0.2, 0) is 17.6 Å². The zero-order valence-corrected chi connectivity index (χ0v) is 10.5. The maximum atomic E-state index is 9.69. The second-order valence-electron chi connectivity index (χ2n) is 5.18. The van der Waals surface area contributed by atoms with E-state index in [2.05, 4.69) is 15.3 Å². The van der Waals surface area contributed by atoms with Gasteiger partial charge in [-0.05, 0) is 32.1 Å². The lowest BCUT2D eigenvalue weighted by atomic mass is 9.90. The maximum absolute atomic E-state index is 9.69. The van der Waals surface area contributed by atoms with Gasteiger partial charge in [0.2, 0.25) is 0 Å². The van der Waals surface area contributed by atoms with Gasteiger partial charge >= 0.3 is 0 Å². The van der Waals surface area contributed by atoms with Gasteiger partial charge in [-0.1, -0.05) is 0 Å². The number of aryl methyl sites for hydroxylation is 1. The standard InChI is InChI=1S/C13H19N3O2/c17-8-13(4-6-18-7-5-13)16-12-10-2-1-3-11(10)14-9-15-12/h9,17H,1-8H2,(H,14,15,16). The molecule has 1 fully saturated rings. The van der Waals surface area contributed by atoms with Gasteiger partial charge in [0, 0.05) is 24.5 Å². The fraction of sp³-hybridized carbons (Fsp3) is 0.692. The third kappa shape index (κ3) is 2.08. The quantitative estimate of drug-likeness (QED) is 0.833. The van der Waals surface area contributed by atoms with Gasteiger partial charge < -0.3 is 15.2 Å². The van der Waals surface area contributed by atoms with Gasteiger partial charge in [-0.3, -0.25) is 0 Å². The number of fused-ring (bicyclic) bond motifs is 1. The molecule has 1 aliphatic heterocycles. The van der Waals surface area contributed by atoms with Crippen molar-refractivity contribution in [2.75, 3.05) is 25.1 Å². The van der Waals surface area contributed by atoms with Crippen LogP contribution in [0.5, 0.6) is 0 Å². The van der Waals surface area contributed by atoms with Crippen molar-refractivity contribution in [1.29, 1.82) is 0 Å². The third-order valence-corrected chi connectivity index (χ3v) is 4.01. The molecular weight excluding hydrogens is 230 g/mol. The molecule has 1 aliphatic carbocycles. The summed E-state index contributed by atoms with van der Waals surface area (Å²) < 4.78 is 5.37. The first-order valence-corrected chi connectivity index (χ1v) is 6.62. The lowest BCUT2D eigenvalue weighted by Gasteiger charge is -2.37. The molecule has 0 radical (unpaired) electrons. The SMILES string of the molecule is OCC1(Nc2ncnc3c2CCC3)CCOCC1. The van der Waals surface area contributed by atoms with E-state index in [-0.39, 0.29) is 12.1 Å². The number of aliphatic hydroxyl groups excluding tert-OH is 1. The number of rotatable bonds is 3. The molecule has 0 bridgehead atoms. The first-order chi connectivity index (χ1) is 8.83. The average Bonchev–Trinajstić information content (AvgIpc) is 2.89. The van der Waals surface area contributed by atoms with E-state index in [0.29, 0.717) is 13.2 Å². The Hall–Kier alpha value is -1.20. The van der Waals surface area contributed by atoms with E-state index in [9.17, 15) is 5.11 Å². The molecule has 2 heterocycles. The summed E-state index contributed by atoms with van der Waals surface area (Å²) in [4.78, 5) is 8.69. The molecule has 0 amide bonds. The zero-order chi connectivity index (χ0) is 12.4. The highest BCUT2D eigenvalue weighted by Gasteiger charge is 2.33. The van der Waals surface area contributed by atoms with Gasteiger partial charge in [0.15, 0.2) is 0 Å². The normalized spacial score (nSPS) is 21.6. The molecule has 5 nitrogen and oxygen atoms in total.